The summed E-state index contributed by atoms with van der Waals surface area (Å²) in [6, 6.07) is 0. The van der Waals surface area contributed by atoms with E-state index >= 15 is 0 Å². The number of hydrogen-bond acceptors (Lipinski definition) is 1. The third-order valence-electron chi connectivity index (χ3n) is 3.07. The van der Waals surface area contributed by atoms with Crippen molar-refractivity contribution in [1.29, 1.82) is 0 Å². The lowest BCUT2D eigenvalue weighted by molar-refractivity contribution is 0.0368. The highest BCUT2D eigenvalue weighted by atomic mass is 127. The zero-order valence-electron chi connectivity index (χ0n) is 8.76. The van der Waals surface area contributed by atoms with E-state index in [0.29, 0.717) is 6.10 Å². The lowest BCUT2D eigenvalue weighted by Gasteiger charge is -2.19. The Hall–Kier alpha value is 0.690. The summed E-state index contributed by atoms with van der Waals surface area (Å²) < 4.78 is 6.72. The fraction of sp³-hybridized carbons (Fsp3) is 1.00. The van der Waals surface area contributed by atoms with Crippen molar-refractivity contribution in [1.82, 2.24) is 0 Å². The van der Waals surface area contributed by atoms with Crippen LogP contribution in [0.25, 0.3) is 0 Å². The maximum atomic E-state index is 5.95. The molecule has 0 saturated heterocycles. The quantitative estimate of drug-likeness (QED) is 0.554. The zero-order chi connectivity index (χ0) is 9.68. The predicted octanol–water partition coefficient (Wildman–Crippen LogP) is 3.80. The van der Waals surface area contributed by atoms with E-state index in [-0.39, 0.29) is 0 Å². The van der Waals surface area contributed by atoms with Gasteiger partial charge in [-0.1, -0.05) is 49.3 Å². The third-order valence-corrected chi connectivity index (χ3v) is 4.50. The molecule has 0 radical (unpaired) electrons. The Morgan fingerprint density at radius 2 is 2.00 bits per heavy atom. The minimum Gasteiger partial charge on any atom is -0.377 e. The second-order valence-electron chi connectivity index (χ2n) is 4.00. The molecule has 2 atom stereocenters. The summed E-state index contributed by atoms with van der Waals surface area (Å²) in [7, 11) is 0. The van der Waals surface area contributed by atoms with Crippen molar-refractivity contribution in [3.05, 3.63) is 0 Å². The second-order valence-corrected chi connectivity index (χ2v) is 5.60. The summed E-state index contributed by atoms with van der Waals surface area (Å²) in [5, 5.41) is 0. The second kappa shape index (κ2) is 6.23. The molecule has 0 aromatic heterocycles. The van der Waals surface area contributed by atoms with Crippen LogP contribution >= 0.6 is 22.6 Å². The van der Waals surface area contributed by atoms with Gasteiger partial charge in [0.25, 0.3) is 0 Å². The van der Waals surface area contributed by atoms with Crippen LogP contribution in [-0.4, -0.2) is 16.6 Å². The first-order valence-corrected chi connectivity index (χ1v) is 6.78. The van der Waals surface area contributed by atoms with Crippen molar-refractivity contribution in [2.45, 2.75) is 56.0 Å². The van der Waals surface area contributed by atoms with Crippen molar-refractivity contribution in [2.24, 2.45) is 5.92 Å². The number of ether oxygens (including phenoxy) is 1. The maximum Gasteiger partial charge on any atom is 0.0692 e. The molecule has 1 rings (SSSR count). The minimum atomic E-state index is 0.557. The standard InChI is InChI=1S/C11H21IO/c1-3-9(4-2)8-13-11-7-5-6-10(11)12/h9-11H,3-8H2,1-2H3. The largest absolute Gasteiger partial charge is 0.377 e. The Labute approximate surface area is 95.8 Å². The normalized spacial score (nSPS) is 28.6. The molecule has 0 aromatic carbocycles. The summed E-state index contributed by atoms with van der Waals surface area (Å²) >= 11 is 2.54. The maximum absolute atomic E-state index is 5.95. The highest BCUT2D eigenvalue weighted by Gasteiger charge is 2.25. The molecule has 0 bridgehead atoms. The molecule has 1 saturated carbocycles. The molecule has 0 spiro atoms. The Morgan fingerprint density at radius 3 is 2.46 bits per heavy atom. The van der Waals surface area contributed by atoms with Crippen LogP contribution < -0.4 is 0 Å². The summed E-state index contributed by atoms with van der Waals surface area (Å²) in [4.78, 5) is 0. The molecule has 13 heavy (non-hydrogen) atoms. The van der Waals surface area contributed by atoms with Crippen molar-refractivity contribution in [3.63, 3.8) is 0 Å². The molecular formula is C11H21IO. The summed E-state index contributed by atoms with van der Waals surface area (Å²) in [6.07, 6.45) is 7.08. The van der Waals surface area contributed by atoms with Crippen LogP contribution in [0.5, 0.6) is 0 Å². The first kappa shape index (κ1) is 11.8. The van der Waals surface area contributed by atoms with Crippen LogP contribution in [0.15, 0.2) is 0 Å². The smallest absolute Gasteiger partial charge is 0.0692 e. The number of halogens is 1. The van der Waals surface area contributed by atoms with E-state index in [9.17, 15) is 0 Å². The average molecular weight is 296 g/mol. The Morgan fingerprint density at radius 1 is 1.31 bits per heavy atom. The molecular weight excluding hydrogens is 275 g/mol. The summed E-state index contributed by atoms with van der Waals surface area (Å²) in [5.74, 6) is 0.782. The van der Waals surface area contributed by atoms with E-state index in [4.69, 9.17) is 4.74 Å². The van der Waals surface area contributed by atoms with Crippen LogP contribution in [0.1, 0.15) is 46.0 Å². The van der Waals surface area contributed by atoms with Crippen LogP contribution in [0.3, 0.4) is 0 Å². The fourth-order valence-corrected chi connectivity index (χ4v) is 2.86. The zero-order valence-corrected chi connectivity index (χ0v) is 10.9. The van der Waals surface area contributed by atoms with Crippen molar-refractivity contribution in [2.75, 3.05) is 6.61 Å². The summed E-state index contributed by atoms with van der Waals surface area (Å²) in [6.45, 7) is 5.50. The molecule has 78 valence electrons. The van der Waals surface area contributed by atoms with Crippen LogP contribution in [0.4, 0.5) is 0 Å². The Balaban J connectivity index is 2.17. The summed E-state index contributed by atoms with van der Waals surface area (Å²) in [5.41, 5.74) is 0. The first-order chi connectivity index (χ1) is 6.27. The van der Waals surface area contributed by atoms with E-state index in [0.717, 1.165) is 16.4 Å². The Kier molecular flexibility index (Phi) is 5.63. The van der Waals surface area contributed by atoms with Crippen molar-refractivity contribution < 1.29 is 4.74 Å². The molecule has 0 N–H and O–H groups in total. The molecule has 2 heteroatoms. The van der Waals surface area contributed by atoms with Crippen molar-refractivity contribution >= 4 is 22.6 Å². The van der Waals surface area contributed by atoms with Gasteiger partial charge in [-0.3, -0.25) is 0 Å². The average Bonchev–Trinajstić information content (AvgIpc) is 2.54. The van der Waals surface area contributed by atoms with E-state index in [1.165, 1.54) is 32.1 Å². The van der Waals surface area contributed by atoms with Gasteiger partial charge in [-0.05, 0) is 25.2 Å². The molecule has 1 aliphatic rings. The third kappa shape index (κ3) is 3.74. The van der Waals surface area contributed by atoms with Crippen LogP contribution in [-0.2, 0) is 4.74 Å². The van der Waals surface area contributed by atoms with Crippen molar-refractivity contribution in [3.8, 4) is 0 Å². The van der Waals surface area contributed by atoms with Gasteiger partial charge in [0.05, 0.1) is 6.10 Å². The molecule has 0 heterocycles. The molecule has 2 unspecified atom stereocenters. The monoisotopic (exact) mass is 296 g/mol. The molecule has 1 aliphatic carbocycles. The number of alkyl halides is 1. The SMILES string of the molecule is CCC(CC)COC1CCCC1I. The molecule has 1 fully saturated rings. The van der Waals surface area contributed by atoms with Gasteiger partial charge in [0.1, 0.15) is 0 Å². The number of rotatable bonds is 5. The highest BCUT2D eigenvalue weighted by molar-refractivity contribution is 14.1. The van der Waals surface area contributed by atoms with Gasteiger partial charge in [-0.15, -0.1) is 0 Å². The van der Waals surface area contributed by atoms with Gasteiger partial charge < -0.3 is 4.74 Å². The first-order valence-electron chi connectivity index (χ1n) is 5.53. The van der Waals surface area contributed by atoms with Gasteiger partial charge in [-0.2, -0.15) is 0 Å². The predicted molar refractivity (Wildman–Crippen MR) is 65.5 cm³/mol. The fourth-order valence-electron chi connectivity index (χ4n) is 1.85. The van der Waals surface area contributed by atoms with E-state index in [2.05, 4.69) is 36.4 Å². The van der Waals surface area contributed by atoms with Crippen LogP contribution in [0.2, 0.25) is 0 Å². The Bertz CT molecular complexity index is 134. The van der Waals surface area contributed by atoms with Gasteiger partial charge in [0, 0.05) is 10.5 Å². The van der Waals surface area contributed by atoms with E-state index < -0.39 is 0 Å². The van der Waals surface area contributed by atoms with E-state index in [1.807, 2.05) is 0 Å². The van der Waals surface area contributed by atoms with Gasteiger partial charge >= 0.3 is 0 Å². The molecule has 0 amide bonds. The van der Waals surface area contributed by atoms with Gasteiger partial charge in [0.15, 0.2) is 0 Å². The number of hydrogen-bond donors (Lipinski definition) is 0. The van der Waals surface area contributed by atoms with E-state index in [1.54, 1.807) is 0 Å². The topological polar surface area (TPSA) is 9.23 Å². The van der Waals surface area contributed by atoms with Crippen LogP contribution in [0, 0.1) is 5.92 Å². The highest BCUT2D eigenvalue weighted by Crippen LogP contribution is 2.29. The molecule has 0 aliphatic heterocycles. The molecule has 1 nitrogen and oxygen atoms in total. The molecule has 0 aromatic rings. The van der Waals surface area contributed by atoms with Gasteiger partial charge in [0.2, 0.25) is 0 Å². The minimum absolute atomic E-state index is 0.557. The lowest BCUT2D eigenvalue weighted by Crippen LogP contribution is -2.21. The van der Waals surface area contributed by atoms with Gasteiger partial charge in [-0.25, -0.2) is 0 Å². The lowest BCUT2D eigenvalue weighted by atomic mass is 10.1.